The average Bonchev–Trinajstić information content (AvgIpc) is 1.26. The fraction of sp³-hybridized carbons (Fsp3) is 0.184. The molecule has 10 heteroatoms. The van der Waals surface area contributed by atoms with Crippen LogP contribution >= 0.6 is 0 Å². The molecule has 0 atom stereocenters. The fourth-order valence-electron chi connectivity index (χ4n) is 19.8. The number of anilines is 2. The Balaban J connectivity index is 0.618. The summed E-state index contributed by atoms with van der Waals surface area (Å²) in [4.78, 5) is 63.8. The number of carbonyl (C=O) groups is 4. The van der Waals surface area contributed by atoms with E-state index in [0.29, 0.717) is 44.4 Å². The van der Waals surface area contributed by atoms with Gasteiger partial charge in [0, 0.05) is 44.9 Å². The van der Waals surface area contributed by atoms with Crippen molar-refractivity contribution in [3.05, 3.63) is 248 Å². The van der Waals surface area contributed by atoms with Crippen LogP contribution < -0.4 is 9.80 Å². The summed E-state index contributed by atoms with van der Waals surface area (Å²) in [6.45, 7) is 15.5. The molecule has 2 heterocycles. The maximum absolute atomic E-state index is 15.2. The monoisotopic (exact) mass is 1410 g/mol. The highest BCUT2D eigenvalue weighted by Crippen LogP contribution is 2.58. The minimum atomic E-state index is -0.491. The molecule has 0 bridgehead atoms. The first-order chi connectivity index (χ1) is 52.4. The molecule has 0 spiro atoms. The van der Waals surface area contributed by atoms with Gasteiger partial charge >= 0.3 is 0 Å². The lowest BCUT2D eigenvalue weighted by atomic mass is 9.82. The Labute approximate surface area is 622 Å². The number of aliphatic hydroxyl groups is 4. The van der Waals surface area contributed by atoms with Crippen LogP contribution in [0.5, 0.6) is 0 Å². The molecule has 0 fully saturated rings. The van der Waals surface area contributed by atoms with Crippen LogP contribution in [0.3, 0.4) is 0 Å². The number of carbonyl (C=O) groups excluding carboxylic acids is 4. The van der Waals surface area contributed by atoms with E-state index in [2.05, 4.69) is 146 Å². The number of hydrogen-bond donors (Lipinski definition) is 4. The number of rotatable bonds is 12. The molecule has 10 nitrogen and oxygen atoms in total. The Hall–Kier alpha value is -11.8. The van der Waals surface area contributed by atoms with Crippen molar-refractivity contribution in [3.63, 3.8) is 0 Å². The third-order valence-corrected chi connectivity index (χ3v) is 25.1. The zero-order chi connectivity index (χ0) is 73.8. The molecule has 108 heavy (non-hydrogen) atoms. The molecular weight excluding hydrogens is 1330 g/mol. The second-order valence-corrected chi connectivity index (χ2v) is 32.1. The molecule has 0 aromatic heterocycles. The van der Waals surface area contributed by atoms with Gasteiger partial charge in [0.25, 0.3) is 23.6 Å². The van der Waals surface area contributed by atoms with Gasteiger partial charge in [0.2, 0.25) is 0 Å². The van der Waals surface area contributed by atoms with Crippen molar-refractivity contribution in [2.24, 2.45) is 0 Å². The van der Waals surface area contributed by atoms with Gasteiger partial charge in [0.15, 0.2) is 0 Å². The van der Waals surface area contributed by atoms with Crippen LogP contribution in [0.1, 0.15) is 188 Å². The van der Waals surface area contributed by atoms with E-state index in [4.69, 9.17) is 0 Å². The van der Waals surface area contributed by atoms with Crippen LogP contribution in [-0.2, 0) is 0 Å². The number of imide groups is 2. The first-order valence-corrected chi connectivity index (χ1v) is 37.9. The SMILES string of the molecule is CC(C)c1cc(C(CO)CO)cc(C(C)C)c1N1C(=O)c2ccc3c4ccc5c6c(ccc(c7ccc(c2c37)C1=O)c64)-c1cc2cc3c(cc2cc1-5)C=Cc1cc2cc4c(cc2cc1C=C3)-c1ccc2c3ccc5c6c(ccc(c7ccc-4c1c72)c63)C(=O)N(c1c(C(C)C)cc(C(CO)CO)cc1C(C)C)C5=O. The minimum Gasteiger partial charge on any atom is -0.396 e. The Morgan fingerprint density at radius 1 is 0.250 bits per heavy atom. The quantitative estimate of drug-likeness (QED) is 0.0535. The fourth-order valence-corrected chi connectivity index (χ4v) is 19.8. The van der Waals surface area contributed by atoms with Crippen molar-refractivity contribution in [2.45, 2.75) is 90.9 Å². The molecule has 5 aliphatic rings. The summed E-state index contributed by atoms with van der Waals surface area (Å²) in [5.74, 6) is -2.71. The van der Waals surface area contributed by atoms with Crippen molar-refractivity contribution in [1.82, 2.24) is 0 Å². The van der Waals surface area contributed by atoms with Crippen molar-refractivity contribution >= 4 is 167 Å². The second-order valence-electron chi connectivity index (χ2n) is 32.1. The van der Waals surface area contributed by atoms with E-state index in [9.17, 15) is 20.4 Å². The third-order valence-electron chi connectivity index (χ3n) is 25.1. The first kappa shape index (κ1) is 64.6. The summed E-state index contributed by atoms with van der Waals surface area (Å²) < 4.78 is 0. The predicted molar refractivity (Wildman–Crippen MR) is 442 cm³/mol. The molecule has 0 saturated heterocycles. The zero-order valence-corrected chi connectivity index (χ0v) is 61.1. The molecular formula is C98H74N2O8. The Morgan fingerprint density at radius 3 is 0.657 bits per heavy atom. The second kappa shape index (κ2) is 22.9. The molecule has 0 unspecified atom stereocenters. The Kier molecular flexibility index (Phi) is 13.7. The van der Waals surface area contributed by atoms with Crippen molar-refractivity contribution < 1.29 is 39.6 Å². The van der Waals surface area contributed by atoms with Crippen LogP contribution in [0, 0.1) is 0 Å². The summed E-state index contributed by atoms with van der Waals surface area (Å²) in [5.41, 5.74) is 22.0. The van der Waals surface area contributed by atoms with Crippen molar-refractivity contribution in [3.8, 4) is 44.5 Å². The Morgan fingerprint density at radius 2 is 0.454 bits per heavy atom. The number of hydrogen-bond acceptors (Lipinski definition) is 8. The van der Waals surface area contributed by atoms with Gasteiger partial charge in [-0.1, -0.05) is 177 Å². The van der Waals surface area contributed by atoms with Crippen LogP contribution in [0.25, 0.3) is 177 Å². The molecule has 2 aliphatic heterocycles. The number of fused-ring (bicyclic) bond motifs is 14. The molecule has 3 aliphatic carbocycles. The van der Waals surface area contributed by atoms with Crippen LogP contribution in [0.2, 0.25) is 0 Å². The lowest BCUT2D eigenvalue weighted by Gasteiger charge is -2.33. The molecule has 0 saturated carbocycles. The number of nitrogens with zero attached hydrogens (tertiary/aromatic N) is 2. The molecule has 16 aromatic rings. The molecule has 4 amide bonds. The molecule has 16 aromatic carbocycles. The van der Waals surface area contributed by atoms with Crippen molar-refractivity contribution in [1.29, 1.82) is 0 Å². The summed E-state index contributed by atoms with van der Waals surface area (Å²) in [6, 6.07) is 60.6. The van der Waals surface area contributed by atoms with E-state index in [1.165, 1.54) is 75.9 Å². The summed E-state index contributed by atoms with van der Waals surface area (Å²) in [6.07, 6.45) is 9.05. The van der Waals surface area contributed by atoms with E-state index in [0.717, 1.165) is 131 Å². The topological polar surface area (TPSA) is 156 Å². The molecule has 0 radical (unpaired) electrons. The summed E-state index contributed by atoms with van der Waals surface area (Å²) >= 11 is 0. The van der Waals surface area contributed by atoms with Gasteiger partial charge < -0.3 is 20.4 Å². The van der Waals surface area contributed by atoms with Crippen molar-refractivity contribution in [2.75, 3.05) is 36.2 Å². The van der Waals surface area contributed by atoms with Gasteiger partial charge in [-0.25, -0.2) is 9.80 Å². The van der Waals surface area contributed by atoms with E-state index in [1.54, 1.807) is 0 Å². The first-order valence-electron chi connectivity index (χ1n) is 37.9. The molecule has 21 rings (SSSR count). The summed E-state index contributed by atoms with van der Waals surface area (Å²) in [5, 5.41) is 61.9. The maximum atomic E-state index is 15.2. The average molecular weight is 1410 g/mol. The lowest BCUT2D eigenvalue weighted by Crippen LogP contribution is -2.42. The summed E-state index contributed by atoms with van der Waals surface area (Å²) in [7, 11) is 0. The van der Waals surface area contributed by atoms with Gasteiger partial charge in [-0.3, -0.25) is 19.2 Å². The Bertz CT molecular complexity index is 6190. The molecule has 4 N–H and O–H groups in total. The van der Waals surface area contributed by atoms with Gasteiger partial charge in [0.05, 0.1) is 37.8 Å². The largest absolute Gasteiger partial charge is 0.396 e. The molecule has 524 valence electrons. The number of amides is 4. The van der Waals surface area contributed by atoms with Gasteiger partial charge in [0.1, 0.15) is 0 Å². The normalized spacial score (nSPS) is 14.4. The number of benzene rings is 16. The lowest BCUT2D eigenvalue weighted by molar-refractivity contribution is 0.0877. The maximum Gasteiger partial charge on any atom is 0.266 e. The van der Waals surface area contributed by atoms with E-state index in [1.807, 2.05) is 104 Å². The zero-order valence-electron chi connectivity index (χ0n) is 61.1. The highest BCUT2D eigenvalue weighted by molar-refractivity contribution is 6.46. The van der Waals surface area contributed by atoms with E-state index in [-0.39, 0.29) is 73.7 Å². The number of aliphatic hydroxyl groups excluding tert-OH is 4. The van der Waals surface area contributed by atoms with Gasteiger partial charge in [-0.15, -0.1) is 0 Å². The minimum absolute atomic E-state index is 0.0704. The van der Waals surface area contributed by atoms with E-state index >= 15 is 19.2 Å². The van der Waals surface area contributed by atoms with Crippen LogP contribution in [0.15, 0.2) is 170 Å². The predicted octanol–water partition coefficient (Wildman–Crippen LogP) is 22.3. The van der Waals surface area contributed by atoms with Gasteiger partial charge in [-0.2, -0.15) is 0 Å². The van der Waals surface area contributed by atoms with Gasteiger partial charge in [-0.05, 0) is 294 Å². The highest BCUT2D eigenvalue weighted by Gasteiger charge is 2.42. The van der Waals surface area contributed by atoms with Crippen LogP contribution in [0.4, 0.5) is 11.4 Å². The van der Waals surface area contributed by atoms with E-state index < -0.39 is 11.8 Å². The standard InChI is InChI=1S/C98H74N2O8/c1-45(2)77-33-57(59(41-101)42-102)34-78(46(3)4)93(77)99-95(105)73-25-21-65-61-13-17-69-81-37-53-29-49-9-11-51-31-55-39-83-71-19-15-63-67-23-27-75-92-76(98(108)100(97(75)107)94-79(47(5)6)35-58(60(43-103)44-104)36-80(94)48(7)8)28-24-68(88(67)92)64-16-20-72(90(71)86(63)64)84(83)40-56(55)32-52(51)12-10-50(49)30-54(53)38-82(81)70-18-14-62(85(61)89(69)70)66-22-26-74(96(99)106)91(73)87(65)66/h9-40,45-48,59-60,101-104H,41-44H2,1-8H3. The smallest absolute Gasteiger partial charge is 0.266 e. The third kappa shape index (κ3) is 8.51. The highest BCUT2D eigenvalue weighted by atomic mass is 16.3. The van der Waals surface area contributed by atoms with Crippen LogP contribution in [-0.4, -0.2) is 70.5 Å².